The summed E-state index contributed by atoms with van der Waals surface area (Å²) in [5.74, 6) is 0. The lowest BCUT2D eigenvalue weighted by Gasteiger charge is -2.08. The molecule has 0 aliphatic heterocycles. The van der Waals surface area contributed by atoms with Crippen molar-refractivity contribution in [3.05, 3.63) is 30.3 Å². The van der Waals surface area contributed by atoms with Gasteiger partial charge in [-0.25, -0.2) is 0 Å². The van der Waals surface area contributed by atoms with Crippen molar-refractivity contribution in [2.24, 2.45) is 0 Å². The maximum Gasteiger partial charge on any atom is 0.213 e. The van der Waals surface area contributed by atoms with Crippen LogP contribution < -0.4 is 4.90 Å². The third kappa shape index (κ3) is 1.35. The van der Waals surface area contributed by atoms with Crippen LogP contribution in [0, 0.1) is 0 Å². The molecule has 0 heterocycles. The normalized spacial score (nSPS) is 8.90. The lowest BCUT2D eigenvalue weighted by molar-refractivity contribution is -0.107. The van der Waals surface area contributed by atoms with Crippen molar-refractivity contribution in [2.75, 3.05) is 11.9 Å². The highest BCUT2D eigenvalue weighted by molar-refractivity contribution is 5.73. The fourth-order valence-corrected chi connectivity index (χ4v) is 0.724. The van der Waals surface area contributed by atoms with Gasteiger partial charge in [-0.3, -0.25) is 4.79 Å². The van der Waals surface area contributed by atoms with Crippen molar-refractivity contribution in [1.29, 1.82) is 0 Å². The van der Waals surface area contributed by atoms with Crippen molar-refractivity contribution in [3.63, 3.8) is 0 Å². The highest BCUT2D eigenvalue weighted by Crippen LogP contribution is 2.07. The fraction of sp³-hybridized carbons (Fsp3) is 0.125. The molecule has 2 nitrogen and oxygen atoms in total. The molecule has 1 aromatic carbocycles. The van der Waals surface area contributed by atoms with Gasteiger partial charge in [-0.15, -0.1) is 0 Å². The van der Waals surface area contributed by atoms with E-state index in [9.17, 15) is 4.79 Å². The van der Waals surface area contributed by atoms with Crippen LogP contribution in [0.5, 0.6) is 0 Å². The van der Waals surface area contributed by atoms with E-state index in [1.54, 1.807) is 7.05 Å². The summed E-state index contributed by atoms with van der Waals surface area (Å²) in [4.78, 5) is 11.8. The molecule has 0 N–H and O–H groups in total. The topological polar surface area (TPSA) is 20.3 Å². The van der Waals surface area contributed by atoms with Gasteiger partial charge in [-0.1, -0.05) is 18.2 Å². The average molecular weight is 135 g/mol. The molecule has 10 heavy (non-hydrogen) atoms. The number of hydrogen-bond acceptors (Lipinski definition) is 1. The summed E-state index contributed by atoms with van der Waals surface area (Å²) >= 11 is 0. The van der Waals surface area contributed by atoms with Crippen molar-refractivity contribution in [1.82, 2.24) is 0 Å². The number of carbonyl (C=O) groups excluding carboxylic acids is 1. The van der Waals surface area contributed by atoms with Crippen LogP contribution in [0.4, 0.5) is 5.69 Å². The van der Waals surface area contributed by atoms with Gasteiger partial charge in [0.25, 0.3) is 0 Å². The first kappa shape index (κ1) is 6.81. The maximum absolute atomic E-state index is 10.2. The maximum atomic E-state index is 10.2. The molecular weight excluding hydrogens is 126 g/mol. The Bertz CT molecular complexity index is 208. The molecule has 1 rings (SSSR count). The largest absolute Gasteiger partial charge is 0.318 e. The number of rotatable bonds is 2. The Hall–Kier alpha value is -1.31. The molecule has 0 atom stereocenters. The van der Waals surface area contributed by atoms with Crippen LogP contribution in [0.15, 0.2) is 30.3 Å². The molecule has 0 saturated heterocycles. The van der Waals surface area contributed by atoms with Gasteiger partial charge in [0.15, 0.2) is 0 Å². The minimum Gasteiger partial charge on any atom is -0.318 e. The number of benzene rings is 1. The summed E-state index contributed by atoms with van der Waals surface area (Å²) in [5, 5.41) is 0. The number of anilines is 1. The lowest BCUT2D eigenvalue weighted by atomic mass is 10.3. The van der Waals surface area contributed by atoms with E-state index < -0.39 is 0 Å². The molecule has 0 aliphatic carbocycles. The average Bonchev–Trinajstić information content (AvgIpc) is 2.05. The quantitative estimate of drug-likeness (QED) is 0.559. The second-order valence-electron chi connectivity index (χ2n) is 2.05. The van der Waals surface area contributed by atoms with Crippen molar-refractivity contribution in [2.45, 2.75) is 0 Å². The van der Waals surface area contributed by atoms with E-state index in [1.807, 2.05) is 30.3 Å². The molecule has 0 bridgehead atoms. The van der Waals surface area contributed by atoms with Gasteiger partial charge in [0.2, 0.25) is 6.41 Å². The monoisotopic (exact) mass is 135 g/mol. The summed E-state index contributed by atoms with van der Waals surface area (Å²) in [7, 11) is 1.72. The zero-order chi connectivity index (χ0) is 7.40. The molecule has 1 amide bonds. The van der Waals surface area contributed by atoms with Crippen LogP contribution >= 0.6 is 0 Å². The Labute approximate surface area is 60.1 Å². The van der Waals surface area contributed by atoms with Crippen LogP contribution in [0.3, 0.4) is 0 Å². The zero-order valence-electron chi connectivity index (χ0n) is 5.82. The minimum absolute atomic E-state index is 0.787. The summed E-state index contributed by atoms with van der Waals surface area (Å²) in [5.41, 5.74) is 0.914. The number of amides is 1. The molecule has 52 valence electrons. The minimum atomic E-state index is 0.787. The molecule has 0 unspecified atom stereocenters. The Morgan fingerprint density at radius 3 is 2.40 bits per heavy atom. The Morgan fingerprint density at radius 2 is 1.90 bits per heavy atom. The van der Waals surface area contributed by atoms with Crippen LogP contribution in [-0.2, 0) is 4.79 Å². The SMILES string of the molecule is CN(C=O)c1ccccc1. The molecule has 0 radical (unpaired) electrons. The van der Waals surface area contributed by atoms with Gasteiger partial charge in [0, 0.05) is 12.7 Å². The number of carbonyl (C=O) groups is 1. The van der Waals surface area contributed by atoms with Gasteiger partial charge in [-0.2, -0.15) is 0 Å². The molecule has 2 heteroatoms. The standard InChI is InChI=1S/C8H9NO/c1-9(7-10)8-5-3-2-4-6-8/h2-7H,1H3. The highest BCUT2D eigenvalue weighted by atomic mass is 16.1. The summed E-state index contributed by atoms with van der Waals surface area (Å²) in [6.07, 6.45) is 0.787. The van der Waals surface area contributed by atoms with Crippen LogP contribution in [0.25, 0.3) is 0 Å². The zero-order valence-corrected chi connectivity index (χ0v) is 5.82. The Morgan fingerprint density at radius 1 is 1.30 bits per heavy atom. The third-order valence-electron chi connectivity index (χ3n) is 1.32. The molecule has 0 fully saturated rings. The van der Waals surface area contributed by atoms with Gasteiger partial charge < -0.3 is 4.90 Å². The smallest absolute Gasteiger partial charge is 0.213 e. The van der Waals surface area contributed by atoms with Crippen LogP contribution in [0.2, 0.25) is 0 Å². The molecule has 1 aromatic rings. The highest BCUT2D eigenvalue weighted by Gasteiger charge is 1.93. The summed E-state index contributed by atoms with van der Waals surface area (Å²) in [6, 6.07) is 9.48. The molecular formula is C8H9NO. The van der Waals surface area contributed by atoms with Crippen LogP contribution in [-0.4, -0.2) is 13.5 Å². The van der Waals surface area contributed by atoms with E-state index >= 15 is 0 Å². The van der Waals surface area contributed by atoms with Gasteiger partial charge in [-0.05, 0) is 12.1 Å². The van der Waals surface area contributed by atoms with Crippen molar-refractivity contribution >= 4 is 12.1 Å². The van der Waals surface area contributed by atoms with Crippen LogP contribution in [0.1, 0.15) is 0 Å². The summed E-state index contributed by atoms with van der Waals surface area (Å²) < 4.78 is 0. The molecule has 0 saturated carbocycles. The fourth-order valence-electron chi connectivity index (χ4n) is 0.724. The molecule has 0 spiro atoms. The summed E-state index contributed by atoms with van der Waals surface area (Å²) in [6.45, 7) is 0. The van der Waals surface area contributed by atoms with E-state index in [0.29, 0.717) is 0 Å². The molecule has 0 aliphatic rings. The first-order chi connectivity index (χ1) is 4.84. The lowest BCUT2D eigenvalue weighted by Crippen LogP contribution is -2.12. The van der Waals surface area contributed by atoms with E-state index in [1.165, 1.54) is 4.90 Å². The van der Waals surface area contributed by atoms with E-state index in [0.717, 1.165) is 12.1 Å². The predicted octanol–water partition coefficient (Wildman–Crippen LogP) is 1.28. The van der Waals surface area contributed by atoms with Gasteiger partial charge in [0.05, 0.1) is 0 Å². The van der Waals surface area contributed by atoms with Crippen molar-refractivity contribution in [3.8, 4) is 0 Å². The second-order valence-corrected chi connectivity index (χ2v) is 2.05. The first-order valence-electron chi connectivity index (χ1n) is 3.08. The van der Waals surface area contributed by atoms with Crippen molar-refractivity contribution < 1.29 is 4.79 Å². The van der Waals surface area contributed by atoms with Gasteiger partial charge >= 0.3 is 0 Å². The second kappa shape index (κ2) is 3.01. The third-order valence-corrected chi connectivity index (χ3v) is 1.32. The van der Waals surface area contributed by atoms with E-state index in [-0.39, 0.29) is 0 Å². The number of hydrogen-bond donors (Lipinski definition) is 0. The number of para-hydroxylation sites is 1. The first-order valence-corrected chi connectivity index (χ1v) is 3.08. The number of nitrogens with zero attached hydrogens (tertiary/aromatic N) is 1. The molecule has 0 aromatic heterocycles. The van der Waals surface area contributed by atoms with E-state index in [2.05, 4.69) is 0 Å². The van der Waals surface area contributed by atoms with Gasteiger partial charge in [0.1, 0.15) is 0 Å². The Balaban J connectivity index is 2.84. The van der Waals surface area contributed by atoms with E-state index in [4.69, 9.17) is 0 Å². The predicted molar refractivity (Wildman–Crippen MR) is 40.9 cm³/mol. The Kier molecular flexibility index (Phi) is 2.05.